The average molecular weight is 505 g/mol. The molecule has 0 bridgehead atoms. The predicted octanol–water partition coefficient (Wildman–Crippen LogP) is 1.73. The number of carbonyl (C=O) groups excluding carboxylic acids is 2. The first-order chi connectivity index (χ1) is 13.0. The van der Waals surface area contributed by atoms with Crippen molar-refractivity contribution in [1.29, 1.82) is 0 Å². The van der Waals surface area contributed by atoms with Crippen LogP contribution in [0.1, 0.15) is 36.5 Å². The van der Waals surface area contributed by atoms with Crippen molar-refractivity contribution >= 4 is 41.8 Å². The molecular formula is C19H29FIN5O2. The highest BCUT2D eigenvalue weighted by atomic mass is 127. The summed E-state index contributed by atoms with van der Waals surface area (Å²) in [7, 11) is 0. The number of hydrogen-bond acceptors (Lipinski definition) is 3. The number of piperidine rings is 1. The van der Waals surface area contributed by atoms with Crippen LogP contribution in [0.15, 0.2) is 29.3 Å². The summed E-state index contributed by atoms with van der Waals surface area (Å²) in [6, 6.07) is 5.88. The van der Waals surface area contributed by atoms with Gasteiger partial charge in [0.1, 0.15) is 5.82 Å². The highest BCUT2D eigenvalue weighted by molar-refractivity contribution is 14.0. The van der Waals surface area contributed by atoms with Gasteiger partial charge in [-0.25, -0.2) is 4.39 Å². The third kappa shape index (κ3) is 7.61. The highest BCUT2D eigenvalue weighted by Crippen LogP contribution is 2.19. The first-order valence-corrected chi connectivity index (χ1v) is 9.35. The Hall–Kier alpha value is -1.91. The molecule has 1 heterocycles. The van der Waals surface area contributed by atoms with Gasteiger partial charge in [0, 0.05) is 32.6 Å². The Kier molecular flexibility index (Phi) is 10.8. The van der Waals surface area contributed by atoms with E-state index >= 15 is 0 Å². The summed E-state index contributed by atoms with van der Waals surface area (Å²) < 4.78 is 13.6. The molecule has 1 aromatic rings. The summed E-state index contributed by atoms with van der Waals surface area (Å²) in [6.45, 7) is 4.98. The molecule has 4 N–H and O–H groups in total. The van der Waals surface area contributed by atoms with Crippen LogP contribution in [-0.2, 0) is 4.79 Å². The quantitative estimate of drug-likeness (QED) is 0.228. The molecule has 2 amide bonds. The Balaban J connectivity index is 0.00000392. The Morgan fingerprint density at radius 2 is 2.07 bits per heavy atom. The van der Waals surface area contributed by atoms with Crippen LogP contribution < -0.4 is 16.4 Å². The summed E-state index contributed by atoms with van der Waals surface area (Å²) in [6.07, 6.45) is 2.35. The van der Waals surface area contributed by atoms with Gasteiger partial charge in [-0.3, -0.25) is 14.6 Å². The minimum absolute atomic E-state index is 0. The summed E-state index contributed by atoms with van der Waals surface area (Å²) in [4.78, 5) is 29.9. The summed E-state index contributed by atoms with van der Waals surface area (Å²) in [5, 5.41) is 5.92. The molecule has 1 atom stereocenters. The summed E-state index contributed by atoms with van der Waals surface area (Å²) >= 11 is 0. The van der Waals surface area contributed by atoms with Crippen molar-refractivity contribution in [2.24, 2.45) is 16.6 Å². The topological polar surface area (TPSA) is 99.8 Å². The molecule has 1 unspecified atom stereocenters. The third-order valence-corrected chi connectivity index (χ3v) is 4.42. The standard InChI is InChI=1S/C19H28FN5O2.HI/c1-2-22-19(25-11-5-6-14(13-25)12-17(21)26)24-10-9-23-18(27)15-7-3-4-8-16(15)20;/h3-4,7-8,14H,2,5-6,9-13H2,1H3,(H2,21,26)(H,22,24)(H,23,27);1H. The molecular weight excluding hydrogens is 476 g/mol. The number of halogens is 2. The van der Waals surface area contributed by atoms with E-state index in [0.717, 1.165) is 38.4 Å². The molecule has 1 aliphatic rings. The Morgan fingerprint density at radius 3 is 2.75 bits per heavy atom. The maximum Gasteiger partial charge on any atom is 0.254 e. The van der Waals surface area contributed by atoms with Crippen molar-refractivity contribution in [3.05, 3.63) is 35.6 Å². The minimum Gasteiger partial charge on any atom is -0.370 e. The SMILES string of the molecule is CCNC(=NCCNC(=O)c1ccccc1F)N1CCCC(CC(N)=O)C1.I. The Morgan fingerprint density at radius 1 is 1.32 bits per heavy atom. The van der Waals surface area contributed by atoms with Gasteiger partial charge < -0.3 is 21.3 Å². The third-order valence-electron chi connectivity index (χ3n) is 4.42. The fourth-order valence-electron chi connectivity index (χ4n) is 3.21. The molecule has 28 heavy (non-hydrogen) atoms. The van der Waals surface area contributed by atoms with E-state index in [1.54, 1.807) is 12.1 Å². The summed E-state index contributed by atoms with van der Waals surface area (Å²) in [5.74, 6) is -0.277. The average Bonchev–Trinajstić information content (AvgIpc) is 2.64. The molecule has 0 aromatic heterocycles. The smallest absolute Gasteiger partial charge is 0.254 e. The van der Waals surface area contributed by atoms with Crippen molar-refractivity contribution in [2.45, 2.75) is 26.2 Å². The fraction of sp³-hybridized carbons (Fsp3) is 0.526. The molecule has 1 fully saturated rings. The molecule has 9 heteroatoms. The second-order valence-electron chi connectivity index (χ2n) is 6.60. The number of nitrogens with zero attached hydrogens (tertiary/aromatic N) is 2. The van der Waals surface area contributed by atoms with Gasteiger partial charge in [0.15, 0.2) is 5.96 Å². The van der Waals surface area contributed by atoms with Gasteiger partial charge in [0.05, 0.1) is 12.1 Å². The number of carbonyl (C=O) groups is 2. The number of benzene rings is 1. The highest BCUT2D eigenvalue weighted by Gasteiger charge is 2.23. The number of amides is 2. The maximum absolute atomic E-state index is 13.6. The zero-order chi connectivity index (χ0) is 19.6. The lowest BCUT2D eigenvalue weighted by molar-refractivity contribution is -0.119. The molecule has 156 valence electrons. The van der Waals surface area contributed by atoms with E-state index in [2.05, 4.69) is 20.5 Å². The molecule has 2 rings (SSSR count). The van der Waals surface area contributed by atoms with E-state index in [1.807, 2.05) is 6.92 Å². The number of aliphatic imine (C=N–C) groups is 1. The van der Waals surface area contributed by atoms with Gasteiger partial charge in [-0.2, -0.15) is 0 Å². The zero-order valence-corrected chi connectivity index (χ0v) is 18.4. The lowest BCUT2D eigenvalue weighted by Crippen LogP contribution is -2.47. The van der Waals surface area contributed by atoms with Crippen LogP contribution in [0.3, 0.4) is 0 Å². The van der Waals surface area contributed by atoms with Gasteiger partial charge in [0.2, 0.25) is 5.91 Å². The number of nitrogens with one attached hydrogen (secondary N) is 2. The lowest BCUT2D eigenvalue weighted by Gasteiger charge is -2.34. The van der Waals surface area contributed by atoms with Crippen LogP contribution in [0, 0.1) is 11.7 Å². The van der Waals surface area contributed by atoms with E-state index in [9.17, 15) is 14.0 Å². The zero-order valence-electron chi connectivity index (χ0n) is 16.1. The van der Waals surface area contributed by atoms with E-state index < -0.39 is 11.7 Å². The minimum atomic E-state index is -0.541. The van der Waals surface area contributed by atoms with Crippen LogP contribution in [0.4, 0.5) is 4.39 Å². The van der Waals surface area contributed by atoms with E-state index in [4.69, 9.17) is 5.73 Å². The first kappa shape index (κ1) is 24.1. The number of rotatable bonds is 7. The normalized spacial score (nSPS) is 16.9. The van der Waals surface area contributed by atoms with Gasteiger partial charge in [-0.05, 0) is 37.8 Å². The number of guanidine groups is 1. The van der Waals surface area contributed by atoms with Crippen LogP contribution in [0.25, 0.3) is 0 Å². The van der Waals surface area contributed by atoms with Gasteiger partial charge in [-0.1, -0.05) is 12.1 Å². The second kappa shape index (κ2) is 12.5. The maximum atomic E-state index is 13.6. The fourth-order valence-corrected chi connectivity index (χ4v) is 3.21. The number of hydrogen-bond donors (Lipinski definition) is 3. The van der Waals surface area contributed by atoms with E-state index in [-0.39, 0.29) is 41.4 Å². The van der Waals surface area contributed by atoms with Gasteiger partial charge in [-0.15, -0.1) is 24.0 Å². The van der Waals surface area contributed by atoms with Crippen LogP contribution in [0.5, 0.6) is 0 Å². The molecule has 7 nitrogen and oxygen atoms in total. The molecule has 0 aliphatic carbocycles. The van der Waals surface area contributed by atoms with Crippen molar-refractivity contribution < 1.29 is 14.0 Å². The largest absolute Gasteiger partial charge is 0.370 e. The first-order valence-electron chi connectivity index (χ1n) is 9.35. The predicted molar refractivity (Wildman–Crippen MR) is 118 cm³/mol. The van der Waals surface area contributed by atoms with Crippen molar-refractivity contribution in [1.82, 2.24) is 15.5 Å². The van der Waals surface area contributed by atoms with Gasteiger partial charge in [0.25, 0.3) is 5.91 Å². The van der Waals surface area contributed by atoms with E-state index in [0.29, 0.717) is 19.5 Å². The molecule has 1 aromatic carbocycles. The van der Waals surface area contributed by atoms with Crippen LogP contribution in [0.2, 0.25) is 0 Å². The molecule has 0 spiro atoms. The van der Waals surface area contributed by atoms with Crippen molar-refractivity contribution in [3.8, 4) is 0 Å². The number of nitrogens with two attached hydrogens (primary N) is 1. The number of primary amides is 1. The monoisotopic (exact) mass is 505 g/mol. The van der Waals surface area contributed by atoms with Crippen LogP contribution in [-0.4, -0.2) is 55.4 Å². The summed E-state index contributed by atoms with van der Waals surface area (Å²) in [5.41, 5.74) is 5.35. The lowest BCUT2D eigenvalue weighted by atomic mass is 9.95. The molecule has 0 radical (unpaired) electrons. The Labute approximate surface area is 182 Å². The van der Waals surface area contributed by atoms with Crippen LogP contribution >= 0.6 is 24.0 Å². The van der Waals surface area contributed by atoms with Gasteiger partial charge >= 0.3 is 0 Å². The second-order valence-corrected chi connectivity index (χ2v) is 6.60. The van der Waals surface area contributed by atoms with Crippen molar-refractivity contribution in [2.75, 3.05) is 32.7 Å². The number of likely N-dealkylation sites (tertiary alicyclic amines) is 1. The van der Waals surface area contributed by atoms with E-state index in [1.165, 1.54) is 12.1 Å². The Bertz CT molecular complexity index is 686. The molecule has 1 saturated heterocycles. The molecule has 1 aliphatic heterocycles. The van der Waals surface area contributed by atoms with Crippen molar-refractivity contribution in [3.63, 3.8) is 0 Å². The molecule has 0 saturated carbocycles.